The van der Waals surface area contributed by atoms with Gasteiger partial charge in [0.1, 0.15) is 0 Å². The average molecular weight is 358 g/mol. The van der Waals surface area contributed by atoms with Gasteiger partial charge in [0.2, 0.25) is 0 Å². The third-order valence-electron chi connectivity index (χ3n) is 4.10. The zero-order valence-electron chi connectivity index (χ0n) is 14.4. The van der Waals surface area contributed by atoms with Gasteiger partial charge in [-0.2, -0.15) is 0 Å². The molecule has 1 amide bonds. The second-order valence-corrected chi connectivity index (χ2v) is 6.87. The lowest BCUT2D eigenvalue weighted by Gasteiger charge is -2.18. The zero-order chi connectivity index (χ0) is 17.6. The minimum atomic E-state index is -0.142. The Morgan fingerprint density at radius 2 is 2.08 bits per heavy atom. The van der Waals surface area contributed by atoms with E-state index in [9.17, 15) is 4.79 Å². The maximum atomic E-state index is 12.7. The van der Waals surface area contributed by atoms with Gasteiger partial charge in [0.15, 0.2) is 23.2 Å². The zero-order valence-corrected chi connectivity index (χ0v) is 15.2. The summed E-state index contributed by atoms with van der Waals surface area (Å²) in [6.45, 7) is 4.10. The molecule has 1 aliphatic carbocycles. The molecule has 0 radical (unpaired) electrons. The van der Waals surface area contributed by atoms with Gasteiger partial charge in [-0.25, -0.2) is 4.98 Å². The van der Waals surface area contributed by atoms with E-state index in [1.54, 1.807) is 41.6 Å². The summed E-state index contributed by atoms with van der Waals surface area (Å²) < 4.78 is 10.9. The van der Waals surface area contributed by atoms with E-state index in [1.165, 1.54) is 17.7 Å². The molecule has 0 bridgehead atoms. The van der Waals surface area contributed by atoms with Crippen molar-refractivity contribution in [2.45, 2.75) is 25.7 Å². The third kappa shape index (κ3) is 4.02. The number of anilines is 1. The van der Waals surface area contributed by atoms with Crippen LogP contribution in [0.15, 0.2) is 36.9 Å². The molecular weight excluding hydrogens is 336 g/mol. The lowest BCUT2D eigenvalue weighted by Crippen LogP contribution is -2.35. The molecule has 0 atom stereocenters. The van der Waals surface area contributed by atoms with E-state index in [0.717, 1.165) is 23.7 Å². The van der Waals surface area contributed by atoms with Crippen molar-refractivity contribution in [2.24, 2.45) is 0 Å². The number of benzene rings is 1. The van der Waals surface area contributed by atoms with Crippen molar-refractivity contribution in [3.8, 4) is 11.5 Å². The summed E-state index contributed by atoms with van der Waals surface area (Å²) in [5.41, 5.74) is 1.14. The number of methoxy groups -OCH3 is 1. The van der Waals surface area contributed by atoms with E-state index in [2.05, 4.69) is 11.6 Å². The van der Waals surface area contributed by atoms with Crippen LogP contribution < -0.4 is 14.4 Å². The highest BCUT2D eigenvalue weighted by Crippen LogP contribution is 2.32. The largest absolute Gasteiger partial charge is 0.493 e. The first-order chi connectivity index (χ1) is 12.2. The Labute approximate surface area is 151 Å². The van der Waals surface area contributed by atoms with E-state index < -0.39 is 0 Å². The first-order valence-electron chi connectivity index (χ1n) is 8.38. The minimum absolute atomic E-state index is 0.0710. The Morgan fingerprint density at radius 3 is 2.80 bits per heavy atom. The summed E-state index contributed by atoms with van der Waals surface area (Å²) in [4.78, 5) is 20.3. The molecule has 3 rings (SSSR count). The van der Waals surface area contributed by atoms with Crippen LogP contribution in [0.2, 0.25) is 0 Å². The summed E-state index contributed by atoms with van der Waals surface area (Å²) in [7, 11) is 1.58. The van der Waals surface area contributed by atoms with Crippen LogP contribution in [0.5, 0.6) is 11.5 Å². The second-order valence-electron chi connectivity index (χ2n) is 5.81. The smallest absolute Gasteiger partial charge is 0.266 e. The Bertz CT molecular complexity index is 733. The van der Waals surface area contributed by atoms with Gasteiger partial charge in [-0.3, -0.25) is 9.69 Å². The lowest BCUT2D eigenvalue weighted by molar-refractivity contribution is -0.120. The molecule has 1 heterocycles. The van der Waals surface area contributed by atoms with Gasteiger partial charge in [0.25, 0.3) is 5.91 Å². The van der Waals surface area contributed by atoms with E-state index in [4.69, 9.17) is 9.47 Å². The predicted octanol–water partition coefficient (Wildman–Crippen LogP) is 3.63. The van der Waals surface area contributed by atoms with Crippen molar-refractivity contribution < 1.29 is 14.3 Å². The maximum Gasteiger partial charge on any atom is 0.266 e. The summed E-state index contributed by atoms with van der Waals surface area (Å²) in [5.74, 6) is 1.02. The number of carbonyl (C=O) groups is 1. The summed E-state index contributed by atoms with van der Waals surface area (Å²) in [6, 6.07) is 7.29. The first-order valence-corrected chi connectivity index (χ1v) is 9.20. The van der Waals surface area contributed by atoms with Crippen molar-refractivity contribution >= 4 is 22.4 Å². The van der Waals surface area contributed by atoms with E-state index in [-0.39, 0.29) is 12.5 Å². The van der Waals surface area contributed by atoms with Gasteiger partial charge in [-0.1, -0.05) is 18.2 Å². The Kier molecular flexibility index (Phi) is 5.71. The van der Waals surface area contributed by atoms with Gasteiger partial charge < -0.3 is 9.47 Å². The molecule has 1 aromatic carbocycles. The highest BCUT2D eigenvalue weighted by molar-refractivity contribution is 7.16. The van der Waals surface area contributed by atoms with Gasteiger partial charge >= 0.3 is 0 Å². The van der Waals surface area contributed by atoms with E-state index >= 15 is 0 Å². The fourth-order valence-corrected chi connectivity index (χ4v) is 4.00. The summed E-state index contributed by atoms with van der Waals surface area (Å²) in [5, 5.41) is 0.737. The number of hydrogen-bond acceptors (Lipinski definition) is 5. The molecular formula is C19H22N2O3S. The number of nitrogens with zero attached hydrogens (tertiary/aromatic N) is 2. The van der Waals surface area contributed by atoms with E-state index in [1.807, 2.05) is 12.1 Å². The van der Waals surface area contributed by atoms with Crippen LogP contribution in [0.1, 0.15) is 23.4 Å². The average Bonchev–Trinajstić information content (AvgIpc) is 3.08. The van der Waals surface area contributed by atoms with Crippen molar-refractivity contribution in [2.75, 3.05) is 25.2 Å². The molecule has 1 aliphatic rings. The quantitative estimate of drug-likeness (QED) is 0.709. The topological polar surface area (TPSA) is 51.7 Å². The van der Waals surface area contributed by atoms with Gasteiger partial charge in [-0.15, -0.1) is 17.9 Å². The van der Waals surface area contributed by atoms with Crippen molar-refractivity contribution in [3.05, 3.63) is 47.5 Å². The monoisotopic (exact) mass is 358 g/mol. The molecule has 6 heteroatoms. The molecule has 132 valence electrons. The van der Waals surface area contributed by atoms with Crippen LogP contribution in [0.25, 0.3) is 0 Å². The number of para-hydroxylation sites is 2. The highest BCUT2D eigenvalue weighted by atomic mass is 32.1. The van der Waals surface area contributed by atoms with Crippen LogP contribution in [0.4, 0.5) is 5.13 Å². The standard InChI is InChI=1S/C19H22N2O3S/c1-3-12-21(19-20-14-8-4-7-11-17(14)25-19)18(22)13-24-16-10-6-5-9-15(16)23-2/h3,5-6,9-10H,1,4,7-8,11-13H2,2H3. The normalized spacial score (nSPS) is 13.0. The number of ether oxygens (including phenoxy) is 2. The van der Waals surface area contributed by atoms with Crippen molar-refractivity contribution in [1.82, 2.24) is 4.98 Å². The summed E-state index contributed by atoms with van der Waals surface area (Å²) >= 11 is 1.61. The van der Waals surface area contributed by atoms with Crippen LogP contribution >= 0.6 is 11.3 Å². The molecule has 25 heavy (non-hydrogen) atoms. The van der Waals surface area contributed by atoms with Crippen molar-refractivity contribution in [1.29, 1.82) is 0 Å². The van der Waals surface area contributed by atoms with Crippen LogP contribution in [-0.4, -0.2) is 31.2 Å². The molecule has 5 nitrogen and oxygen atoms in total. The fraction of sp³-hybridized carbons (Fsp3) is 0.368. The molecule has 1 aromatic heterocycles. The first kappa shape index (κ1) is 17.5. The molecule has 0 spiro atoms. The number of amides is 1. The fourth-order valence-electron chi connectivity index (χ4n) is 2.82. The maximum absolute atomic E-state index is 12.7. The van der Waals surface area contributed by atoms with Crippen LogP contribution in [0, 0.1) is 0 Å². The number of rotatable bonds is 7. The molecule has 2 aromatic rings. The molecule has 0 fully saturated rings. The predicted molar refractivity (Wildman–Crippen MR) is 99.8 cm³/mol. The Hall–Kier alpha value is -2.34. The Balaban J connectivity index is 1.72. The molecule has 0 saturated carbocycles. The summed E-state index contributed by atoms with van der Waals surface area (Å²) in [6.07, 6.45) is 6.13. The van der Waals surface area contributed by atoms with E-state index in [0.29, 0.717) is 18.0 Å². The van der Waals surface area contributed by atoms with Crippen molar-refractivity contribution in [3.63, 3.8) is 0 Å². The molecule has 0 saturated heterocycles. The number of thiazole rings is 1. The van der Waals surface area contributed by atoms with Crippen LogP contribution in [-0.2, 0) is 17.6 Å². The number of fused-ring (bicyclic) bond motifs is 1. The molecule has 0 aliphatic heterocycles. The van der Waals surface area contributed by atoms with Gasteiger partial charge in [0, 0.05) is 11.4 Å². The lowest BCUT2D eigenvalue weighted by atomic mass is 10.0. The minimum Gasteiger partial charge on any atom is -0.493 e. The SMILES string of the molecule is C=CCN(C(=O)COc1ccccc1OC)c1nc2c(s1)CCCC2. The third-order valence-corrected chi connectivity index (χ3v) is 5.28. The van der Waals surface area contributed by atoms with Gasteiger partial charge in [-0.05, 0) is 37.8 Å². The number of carbonyl (C=O) groups excluding carboxylic acids is 1. The Morgan fingerprint density at radius 1 is 1.32 bits per heavy atom. The highest BCUT2D eigenvalue weighted by Gasteiger charge is 2.23. The number of aromatic nitrogens is 1. The number of aryl methyl sites for hydroxylation is 2. The molecule has 0 unspecified atom stereocenters. The second kappa shape index (κ2) is 8.16. The van der Waals surface area contributed by atoms with Crippen LogP contribution in [0.3, 0.4) is 0 Å². The molecule has 0 N–H and O–H groups in total. The van der Waals surface area contributed by atoms with Gasteiger partial charge in [0.05, 0.1) is 12.8 Å². The number of hydrogen-bond donors (Lipinski definition) is 0.